The molecule has 0 saturated heterocycles. The highest BCUT2D eigenvalue weighted by molar-refractivity contribution is 5.81. The summed E-state index contributed by atoms with van der Waals surface area (Å²) < 4.78 is 12.0. The first-order chi connectivity index (χ1) is 10.3. The van der Waals surface area contributed by atoms with E-state index in [1.165, 1.54) is 7.11 Å². The minimum atomic E-state index is -0.759. The van der Waals surface area contributed by atoms with Crippen molar-refractivity contribution >= 4 is 12.1 Å². The molecule has 0 radical (unpaired) electrons. The van der Waals surface area contributed by atoms with Gasteiger partial charge in [0.2, 0.25) is 0 Å². The van der Waals surface area contributed by atoms with Crippen molar-refractivity contribution in [3.63, 3.8) is 0 Å². The molecule has 1 N–H and O–H groups in total. The molecule has 0 fully saturated rings. The number of nitrogens with one attached hydrogen (secondary N) is 1. The van der Waals surface area contributed by atoms with Crippen LogP contribution in [-0.4, -0.2) is 45.6 Å². The monoisotopic (exact) mass is 310 g/mol. The average Bonchev–Trinajstić information content (AvgIpc) is 2.89. The van der Waals surface area contributed by atoms with Crippen LogP contribution >= 0.6 is 0 Å². The minimum absolute atomic E-state index is 0.100. The highest BCUT2D eigenvalue weighted by Gasteiger charge is 2.35. The molecule has 0 aromatic carbocycles. The molecule has 8 nitrogen and oxygen atoms in total. The molecule has 1 aromatic rings. The topological polar surface area (TPSA) is 95.3 Å². The Morgan fingerprint density at radius 2 is 2.18 bits per heavy atom. The maximum Gasteiger partial charge on any atom is 0.408 e. The van der Waals surface area contributed by atoms with Crippen LogP contribution in [0.4, 0.5) is 4.79 Å². The van der Waals surface area contributed by atoms with Gasteiger partial charge in [0.15, 0.2) is 0 Å². The van der Waals surface area contributed by atoms with Gasteiger partial charge in [0, 0.05) is 13.0 Å². The van der Waals surface area contributed by atoms with Crippen LogP contribution in [-0.2, 0) is 27.2 Å². The summed E-state index contributed by atoms with van der Waals surface area (Å²) in [5, 5.41) is 10.5. The Morgan fingerprint density at radius 3 is 2.82 bits per heavy atom. The Bertz CT molecular complexity index is 549. The lowest BCUT2D eigenvalue weighted by molar-refractivity contribution is -0.144. The van der Waals surface area contributed by atoms with Crippen LogP contribution < -0.4 is 5.32 Å². The molecule has 0 saturated carbocycles. The van der Waals surface area contributed by atoms with E-state index in [9.17, 15) is 9.59 Å². The number of nitrogens with zero attached hydrogens (tertiary/aromatic N) is 3. The van der Waals surface area contributed by atoms with E-state index in [2.05, 4.69) is 15.5 Å². The second-order valence-electron chi connectivity index (χ2n) is 6.34. The first-order valence-corrected chi connectivity index (χ1v) is 7.24. The Kier molecular flexibility index (Phi) is 4.68. The van der Waals surface area contributed by atoms with E-state index >= 15 is 0 Å². The summed E-state index contributed by atoms with van der Waals surface area (Å²) >= 11 is 0. The predicted molar refractivity (Wildman–Crippen MR) is 77.0 cm³/mol. The van der Waals surface area contributed by atoms with Crippen LogP contribution in [0.5, 0.6) is 0 Å². The lowest BCUT2D eigenvalue weighted by atomic mass is 9.90. The highest BCUT2D eigenvalue weighted by atomic mass is 16.6. The van der Waals surface area contributed by atoms with Crippen LogP contribution in [0.3, 0.4) is 0 Å². The summed E-state index contributed by atoms with van der Waals surface area (Å²) in [5.41, 5.74) is -0.627. The zero-order chi connectivity index (χ0) is 16.3. The Labute approximate surface area is 129 Å². The zero-order valence-electron chi connectivity index (χ0n) is 13.3. The van der Waals surface area contributed by atoms with Gasteiger partial charge in [-0.1, -0.05) is 0 Å². The first-order valence-electron chi connectivity index (χ1n) is 7.24. The number of rotatable bonds is 3. The Hall–Kier alpha value is -2.12. The first kappa shape index (κ1) is 16.3. The maximum atomic E-state index is 12.0. The SMILES string of the molecule is COC(=O)C(NC(=O)OC(C)(C)C)C1CCn2cnnc2C1. The highest BCUT2D eigenvalue weighted by Crippen LogP contribution is 2.22. The fourth-order valence-corrected chi connectivity index (χ4v) is 2.48. The third-order valence-electron chi connectivity index (χ3n) is 3.48. The van der Waals surface area contributed by atoms with E-state index in [-0.39, 0.29) is 5.92 Å². The van der Waals surface area contributed by atoms with Crippen molar-refractivity contribution in [1.29, 1.82) is 0 Å². The fraction of sp³-hybridized carbons (Fsp3) is 0.714. The number of carbonyl (C=O) groups excluding carboxylic acids is 2. The van der Waals surface area contributed by atoms with E-state index < -0.39 is 23.7 Å². The number of hydrogen-bond acceptors (Lipinski definition) is 6. The molecule has 1 amide bonds. The van der Waals surface area contributed by atoms with E-state index in [0.717, 1.165) is 12.2 Å². The second kappa shape index (κ2) is 6.33. The van der Waals surface area contributed by atoms with Gasteiger partial charge in [0.25, 0.3) is 0 Å². The zero-order valence-corrected chi connectivity index (χ0v) is 13.3. The van der Waals surface area contributed by atoms with Gasteiger partial charge >= 0.3 is 12.1 Å². The summed E-state index contributed by atoms with van der Waals surface area (Å²) in [6, 6.07) is -0.759. The minimum Gasteiger partial charge on any atom is -0.467 e. The van der Waals surface area contributed by atoms with Crippen molar-refractivity contribution < 1.29 is 19.1 Å². The summed E-state index contributed by atoms with van der Waals surface area (Å²) in [5.74, 6) is 0.219. The smallest absolute Gasteiger partial charge is 0.408 e. The number of aromatic nitrogens is 3. The normalized spacial score (nSPS) is 19.0. The molecule has 1 aliphatic rings. The standard InChI is InChI=1S/C14H22N4O4/c1-14(2,3)22-13(20)16-11(12(19)21-4)9-5-6-18-8-15-17-10(18)7-9/h8-9,11H,5-7H2,1-4H3,(H,16,20). The van der Waals surface area contributed by atoms with Crippen molar-refractivity contribution in [2.45, 2.75) is 51.8 Å². The third-order valence-corrected chi connectivity index (χ3v) is 3.48. The summed E-state index contributed by atoms with van der Waals surface area (Å²) in [6.07, 6.45) is 2.31. The number of ether oxygens (including phenoxy) is 2. The van der Waals surface area contributed by atoms with Crippen LogP contribution in [0.2, 0.25) is 0 Å². The van der Waals surface area contributed by atoms with Crippen molar-refractivity contribution in [2.24, 2.45) is 5.92 Å². The van der Waals surface area contributed by atoms with Gasteiger partial charge in [-0.05, 0) is 33.1 Å². The average molecular weight is 310 g/mol. The Morgan fingerprint density at radius 1 is 1.45 bits per heavy atom. The number of hydrogen-bond donors (Lipinski definition) is 1. The third kappa shape index (κ3) is 3.96. The molecule has 0 aliphatic carbocycles. The van der Waals surface area contributed by atoms with Gasteiger partial charge in [-0.25, -0.2) is 9.59 Å². The van der Waals surface area contributed by atoms with Crippen molar-refractivity contribution in [2.75, 3.05) is 7.11 Å². The lowest BCUT2D eigenvalue weighted by Crippen LogP contribution is -2.49. The fourth-order valence-electron chi connectivity index (χ4n) is 2.48. The molecule has 2 atom stereocenters. The predicted octanol–water partition coefficient (Wildman–Crippen LogP) is 0.907. The molecular formula is C14H22N4O4. The number of amides is 1. The van der Waals surface area contributed by atoms with Gasteiger partial charge in [0.05, 0.1) is 7.11 Å². The molecule has 1 aliphatic heterocycles. The van der Waals surface area contributed by atoms with Crippen molar-refractivity contribution in [1.82, 2.24) is 20.1 Å². The molecule has 8 heteroatoms. The maximum absolute atomic E-state index is 12.0. The molecular weight excluding hydrogens is 288 g/mol. The molecule has 1 aromatic heterocycles. The van der Waals surface area contributed by atoms with E-state index in [4.69, 9.17) is 9.47 Å². The van der Waals surface area contributed by atoms with Gasteiger partial charge in [0.1, 0.15) is 23.8 Å². The Balaban J connectivity index is 2.07. The number of esters is 1. The van der Waals surface area contributed by atoms with Gasteiger partial charge < -0.3 is 19.4 Å². The van der Waals surface area contributed by atoms with Crippen LogP contribution in [0.25, 0.3) is 0 Å². The quantitative estimate of drug-likeness (QED) is 0.834. The molecule has 2 rings (SSSR count). The van der Waals surface area contributed by atoms with Gasteiger partial charge in [-0.3, -0.25) is 0 Å². The second-order valence-corrected chi connectivity index (χ2v) is 6.34. The van der Waals surface area contributed by atoms with E-state index in [0.29, 0.717) is 13.0 Å². The van der Waals surface area contributed by atoms with E-state index in [1.54, 1.807) is 27.1 Å². The van der Waals surface area contributed by atoms with Crippen molar-refractivity contribution in [3.05, 3.63) is 12.2 Å². The largest absolute Gasteiger partial charge is 0.467 e. The molecule has 0 spiro atoms. The van der Waals surface area contributed by atoms with Gasteiger partial charge in [-0.2, -0.15) is 0 Å². The number of alkyl carbamates (subject to hydrolysis) is 1. The summed E-state index contributed by atoms with van der Waals surface area (Å²) in [7, 11) is 1.30. The molecule has 122 valence electrons. The number of methoxy groups -OCH3 is 1. The van der Waals surface area contributed by atoms with Crippen molar-refractivity contribution in [3.8, 4) is 0 Å². The van der Waals surface area contributed by atoms with Crippen LogP contribution in [0.1, 0.15) is 33.0 Å². The molecule has 22 heavy (non-hydrogen) atoms. The molecule has 0 bridgehead atoms. The number of fused-ring (bicyclic) bond motifs is 1. The van der Waals surface area contributed by atoms with E-state index in [1.807, 2.05) is 4.57 Å². The summed E-state index contributed by atoms with van der Waals surface area (Å²) in [6.45, 7) is 6.00. The summed E-state index contributed by atoms with van der Waals surface area (Å²) in [4.78, 5) is 24.0. The van der Waals surface area contributed by atoms with Gasteiger partial charge in [-0.15, -0.1) is 10.2 Å². The van der Waals surface area contributed by atoms with Crippen LogP contribution in [0, 0.1) is 5.92 Å². The molecule has 2 heterocycles. The van der Waals surface area contributed by atoms with Crippen LogP contribution in [0.15, 0.2) is 6.33 Å². The lowest BCUT2D eigenvalue weighted by Gasteiger charge is -2.30. The number of carbonyl (C=O) groups is 2. The molecule has 2 unspecified atom stereocenters. The number of aryl methyl sites for hydroxylation is 1.